The van der Waals surface area contributed by atoms with Crippen LogP contribution in [0.5, 0.6) is 0 Å². The summed E-state index contributed by atoms with van der Waals surface area (Å²) < 4.78 is 26.1. The van der Waals surface area contributed by atoms with E-state index in [-0.39, 0.29) is 5.69 Å². The molecule has 0 unspecified atom stereocenters. The molecule has 0 spiro atoms. The van der Waals surface area contributed by atoms with Crippen LogP contribution in [-0.2, 0) is 0 Å². The van der Waals surface area contributed by atoms with E-state index in [2.05, 4.69) is 15.6 Å². The second-order valence-electron chi connectivity index (χ2n) is 5.01. The van der Waals surface area contributed by atoms with Crippen LogP contribution in [0.15, 0.2) is 47.8 Å². The molecular weight excluding hydrogens is 332 g/mol. The number of amides is 2. The van der Waals surface area contributed by atoms with Crippen LogP contribution < -0.4 is 10.6 Å². The van der Waals surface area contributed by atoms with E-state index in [9.17, 15) is 13.6 Å². The van der Waals surface area contributed by atoms with Gasteiger partial charge in [0.05, 0.1) is 16.4 Å². The third-order valence-corrected chi connectivity index (χ3v) is 4.02. The first-order chi connectivity index (χ1) is 11.5. The summed E-state index contributed by atoms with van der Waals surface area (Å²) in [6, 6.07) is 9.84. The van der Waals surface area contributed by atoms with Gasteiger partial charge in [0, 0.05) is 22.7 Å². The van der Waals surface area contributed by atoms with Crippen LogP contribution in [0.2, 0.25) is 0 Å². The van der Waals surface area contributed by atoms with Gasteiger partial charge in [-0.1, -0.05) is 18.2 Å². The van der Waals surface area contributed by atoms with Crippen molar-refractivity contribution >= 4 is 28.7 Å². The Kier molecular flexibility index (Phi) is 4.52. The zero-order chi connectivity index (χ0) is 17.1. The quantitative estimate of drug-likeness (QED) is 0.699. The summed E-state index contributed by atoms with van der Waals surface area (Å²) in [7, 11) is 0. The maximum absolute atomic E-state index is 13.2. The highest BCUT2D eigenvalue weighted by Gasteiger charge is 2.11. The first kappa shape index (κ1) is 16.1. The lowest BCUT2D eigenvalue weighted by molar-refractivity contribution is 0.262. The highest BCUT2D eigenvalue weighted by Crippen LogP contribution is 2.28. The molecule has 0 aliphatic heterocycles. The molecule has 2 aromatic carbocycles. The van der Waals surface area contributed by atoms with Crippen LogP contribution in [0.4, 0.5) is 25.0 Å². The Morgan fingerprint density at radius 1 is 1.08 bits per heavy atom. The number of anilines is 2. The molecule has 0 bridgehead atoms. The van der Waals surface area contributed by atoms with Gasteiger partial charge in [-0.15, -0.1) is 11.3 Å². The van der Waals surface area contributed by atoms with Gasteiger partial charge in [-0.05, 0) is 25.1 Å². The van der Waals surface area contributed by atoms with E-state index in [1.807, 2.05) is 24.4 Å². The molecule has 0 saturated heterocycles. The number of para-hydroxylation sites is 1. The molecule has 0 aliphatic carbocycles. The Morgan fingerprint density at radius 2 is 1.88 bits per heavy atom. The maximum atomic E-state index is 13.2. The van der Waals surface area contributed by atoms with Gasteiger partial charge in [-0.25, -0.2) is 18.6 Å². The van der Waals surface area contributed by atoms with Gasteiger partial charge < -0.3 is 10.6 Å². The molecule has 2 N–H and O–H groups in total. The number of benzene rings is 2. The monoisotopic (exact) mass is 345 g/mol. The summed E-state index contributed by atoms with van der Waals surface area (Å²) in [6.45, 7) is 1.90. The number of urea groups is 1. The molecule has 0 atom stereocenters. The molecule has 1 heterocycles. The first-order valence-corrected chi connectivity index (χ1v) is 7.95. The molecule has 7 heteroatoms. The summed E-state index contributed by atoms with van der Waals surface area (Å²) >= 11 is 1.52. The Bertz CT molecular complexity index is 895. The fourth-order valence-electron chi connectivity index (χ4n) is 2.16. The third-order valence-electron chi connectivity index (χ3n) is 3.25. The minimum atomic E-state index is -1.02. The number of carbonyl (C=O) groups excluding carboxylic acids is 1. The largest absolute Gasteiger partial charge is 0.323 e. The van der Waals surface area contributed by atoms with Crippen molar-refractivity contribution in [1.29, 1.82) is 0 Å². The molecule has 0 radical (unpaired) electrons. The predicted molar refractivity (Wildman–Crippen MR) is 91.3 cm³/mol. The number of carbonyl (C=O) groups is 1. The van der Waals surface area contributed by atoms with Gasteiger partial charge in [0.15, 0.2) is 11.6 Å². The minimum Gasteiger partial charge on any atom is -0.308 e. The van der Waals surface area contributed by atoms with Crippen LogP contribution in [0, 0.1) is 18.6 Å². The zero-order valence-corrected chi connectivity index (χ0v) is 13.5. The van der Waals surface area contributed by atoms with Crippen LogP contribution >= 0.6 is 11.3 Å². The molecule has 1 aromatic heterocycles. The molecular formula is C17H13F2N3OS. The summed E-state index contributed by atoms with van der Waals surface area (Å²) in [5.41, 5.74) is 2.28. The predicted octanol–water partition coefficient (Wildman–Crippen LogP) is 5.04. The Hall–Kier alpha value is -2.80. The van der Waals surface area contributed by atoms with Gasteiger partial charge in [0.2, 0.25) is 0 Å². The van der Waals surface area contributed by atoms with E-state index in [0.29, 0.717) is 5.69 Å². The van der Waals surface area contributed by atoms with Crippen molar-refractivity contribution in [3.8, 4) is 11.3 Å². The lowest BCUT2D eigenvalue weighted by atomic mass is 10.1. The number of hydrogen-bond donors (Lipinski definition) is 2. The van der Waals surface area contributed by atoms with Crippen LogP contribution in [0.3, 0.4) is 0 Å². The zero-order valence-electron chi connectivity index (χ0n) is 12.6. The molecule has 3 rings (SSSR count). The van der Waals surface area contributed by atoms with Crippen molar-refractivity contribution in [2.24, 2.45) is 0 Å². The Balaban J connectivity index is 1.78. The van der Waals surface area contributed by atoms with Gasteiger partial charge in [-0.2, -0.15) is 0 Å². The number of hydrogen-bond acceptors (Lipinski definition) is 3. The lowest BCUT2D eigenvalue weighted by Gasteiger charge is -2.11. The molecule has 24 heavy (non-hydrogen) atoms. The number of thiazole rings is 1. The van der Waals surface area contributed by atoms with Crippen LogP contribution in [-0.4, -0.2) is 11.0 Å². The van der Waals surface area contributed by atoms with Crippen molar-refractivity contribution in [3.63, 3.8) is 0 Å². The third kappa shape index (κ3) is 3.57. The van der Waals surface area contributed by atoms with Crippen molar-refractivity contribution in [3.05, 3.63) is 64.5 Å². The Labute approximate surface area is 141 Å². The molecule has 4 nitrogen and oxygen atoms in total. The number of halogens is 2. The normalized spacial score (nSPS) is 10.5. The number of aromatic nitrogens is 1. The molecule has 0 fully saturated rings. The van der Waals surface area contributed by atoms with Gasteiger partial charge in [0.1, 0.15) is 0 Å². The van der Waals surface area contributed by atoms with E-state index in [1.165, 1.54) is 17.4 Å². The number of aryl methyl sites for hydroxylation is 1. The molecule has 0 aliphatic rings. The smallest absolute Gasteiger partial charge is 0.308 e. The number of rotatable bonds is 3. The van der Waals surface area contributed by atoms with E-state index in [0.717, 1.165) is 28.4 Å². The van der Waals surface area contributed by atoms with Crippen molar-refractivity contribution in [2.75, 3.05) is 10.6 Å². The van der Waals surface area contributed by atoms with Crippen molar-refractivity contribution in [2.45, 2.75) is 6.92 Å². The average molecular weight is 345 g/mol. The fourth-order valence-corrected chi connectivity index (χ4v) is 2.77. The molecule has 122 valence electrons. The van der Waals surface area contributed by atoms with Gasteiger partial charge >= 0.3 is 6.03 Å². The van der Waals surface area contributed by atoms with Crippen molar-refractivity contribution < 1.29 is 13.6 Å². The van der Waals surface area contributed by atoms with Crippen molar-refractivity contribution in [1.82, 2.24) is 4.98 Å². The SMILES string of the molecule is Cc1nc(-c2ccccc2NC(=O)Nc2ccc(F)c(F)c2)cs1. The number of nitrogens with one attached hydrogen (secondary N) is 2. The Morgan fingerprint density at radius 3 is 2.58 bits per heavy atom. The molecule has 2 amide bonds. The topological polar surface area (TPSA) is 54.0 Å². The summed E-state index contributed by atoms with van der Waals surface area (Å²) in [5, 5.41) is 8.00. The van der Waals surface area contributed by atoms with Crippen LogP contribution in [0.1, 0.15) is 5.01 Å². The maximum Gasteiger partial charge on any atom is 0.323 e. The summed E-state index contributed by atoms with van der Waals surface area (Å²) in [4.78, 5) is 16.5. The van der Waals surface area contributed by atoms with Gasteiger partial charge in [-0.3, -0.25) is 0 Å². The highest BCUT2D eigenvalue weighted by molar-refractivity contribution is 7.09. The standard InChI is InChI=1S/C17H13F2N3OS/c1-10-20-16(9-24-10)12-4-2-3-5-15(12)22-17(23)21-11-6-7-13(18)14(19)8-11/h2-9H,1H3,(H2,21,22,23). The number of nitrogens with zero attached hydrogens (tertiary/aromatic N) is 1. The minimum absolute atomic E-state index is 0.161. The summed E-state index contributed by atoms with van der Waals surface area (Å²) in [5.74, 6) is -1.99. The van der Waals surface area contributed by atoms with Crippen LogP contribution in [0.25, 0.3) is 11.3 Å². The van der Waals surface area contributed by atoms with Gasteiger partial charge in [0.25, 0.3) is 0 Å². The fraction of sp³-hybridized carbons (Fsp3) is 0.0588. The lowest BCUT2D eigenvalue weighted by Crippen LogP contribution is -2.20. The molecule has 0 saturated carbocycles. The molecule has 3 aromatic rings. The first-order valence-electron chi connectivity index (χ1n) is 7.07. The van der Waals surface area contributed by atoms with E-state index in [4.69, 9.17) is 0 Å². The highest BCUT2D eigenvalue weighted by atomic mass is 32.1. The van der Waals surface area contributed by atoms with E-state index < -0.39 is 17.7 Å². The van der Waals surface area contributed by atoms with E-state index in [1.54, 1.807) is 12.1 Å². The second kappa shape index (κ2) is 6.76. The van der Waals surface area contributed by atoms with E-state index >= 15 is 0 Å². The average Bonchev–Trinajstić information content (AvgIpc) is 2.98. The summed E-state index contributed by atoms with van der Waals surface area (Å²) in [6.07, 6.45) is 0. The second-order valence-corrected chi connectivity index (χ2v) is 6.07.